The third-order valence-corrected chi connectivity index (χ3v) is 2.89. The van der Waals surface area contributed by atoms with Gasteiger partial charge in [0, 0.05) is 26.2 Å². The van der Waals surface area contributed by atoms with Gasteiger partial charge >= 0.3 is 6.09 Å². The van der Waals surface area contributed by atoms with E-state index >= 15 is 0 Å². The summed E-state index contributed by atoms with van der Waals surface area (Å²) in [5.41, 5.74) is -0.490. The molecule has 0 aromatic heterocycles. The van der Waals surface area contributed by atoms with E-state index in [2.05, 4.69) is 0 Å². The molecule has 1 unspecified atom stereocenters. The van der Waals surface area contributed by atoms with Crippen LogP contribution in [0.3, 0.4) is 0 Å². The molecule has 1 heterocycles. The van der Waals surface area contributed by atoms with Gasteiger partial charge in [0.05, 0.1) is 6.04 Å². The van der Waals surface area contributed by atoms with Gasteiger partial charge in [-0.3, -0.25) is 4.79 Å². The molecule has 0 radical (unpaired) electrons. The monoisotopic (exact) mass is 271 g/mol. The summed E-state index contributed by atoms with van der Waals surface area (Å²) in [6, 6.07) is 0.0220. The molecular formula is C13H25N3O3. The quantitative estimate of drug-likeness (QED) is 0.706. The van der Waals surface area contributed by atoms with Gasteiger partial charge in [0.1, 0.15) is 5.60 Å². The highest BCUT2D eigenvalue weighted by atomic mass is 16.6. The molecule has 1 aliphatic rings. The van der Waals surface area contributed by atoms with Gasteiger partial charge in [-0.05, 0) is 34.9 Å². The predicted molar refractivity (Wildman–Crippen MR) is 72.9 cm³/mol. The van der Waals surface area contributed by atoms with Crippen LogP contribution in [-0.2, 0) is 9.53 Å². The SMILES string of the molecule is CN(C)CC1CN(C(=O)OC(C)(C)C)CCN1C=O. The fourth-order valence-corrected chi connectivity index (χ4v) is 2.08. The molecule has 0 aromatic carbocycles. The van der Waals surface area contributed by atoms with Crippen molar-refractivity contribution in [2.24, 2.45) is 0 Å². The minimum absolute atomic E-state index is 0.0220. The first-order valence-corrected chi connectivity index (χ1v) is 6.56. The van der Waals surface area contributed by atoms with Crippen molar-refractivity contribution in [3.05, 3.63) is 0 Å². The maximum atomic E-state index is 12.0. The second-order valence-electron chi connectivity index (χ2n) is 6.19. The number of nitrogens with zero attached hydrogens (tertiary/aromatic N) is 3. The first-order chi connectivity index (χ1) is 8.73. The topological polar surface area (TPSA) is 53.1 Å². The molecule has 0 saturated carbocycles. The van der Waals surface area contributed by atoms with Crippen LogP contribution in [-0.4, -0.2) is 79.1 Å². The number of carbonyl (C=O) groups is 2. The van der Waals surface area contributed by atoms with Gasteiger partial charge in [-0.2, -0.15) is 0 Å². The molecule has 0 spiro atoms. The lowest BCUT2D eigenvalue weighted by atomic mass is 10.1. The minimum Gasteiger partial charge on any atom is -0.444 e. The van der Waals surface area contributed by atoms with Crippen LogP contribution in [0, 0.1) is 0 Å². The van der Waals surface area contributed by atoms with E-state index in [1.54, 1.807) is 9.80 Å². The lowest BCUT2D eigenvalue weighted by Gasteiger charge is -2.40. The van der Waals surface area contributed by atoms with E-state index in [0.717, 1.165) is 13.0 Å². The molecule has 110 valence electrons. The zero-order valence-electron chi connectivity index (χ0n) is 12.5. The third-order valence-electron chi connectivity index (χ3n) is 2.89. The minimum atomic E-state index is -0.490. The second-order valence-corrected chi connectivity index (χ2v) is 6.19. The highest BCUT2D eigenvalue weighted by molar-refractivity contribution is 5.68. The molecule has 6 nitrogen and oxygen atoms in total. The van der Waals surface area contributed by atoms with Crippen molar-refractivity contribution in [3.63, 3.8) is 0 Å². The van der Waals surface area contributed by atoms with Gasteiger partial charge in [-0.25, -0.2) is 4.79 Å². The second kappa shape index (κ2) is 6.23. The van der Waals surface area contributed by atoms with E-state index in [9.17, 15) is 9.59 Å². The summed E-state index contributed by atoms with van der Waals surface area (Å²) in [5, 5.41) is 0. The lowest BCUT2D eigenvalue weighted by molar-refractivity contribution is -0.123. The Balaban J connectivity index is 2.63. The summed E-state index contributed by atoms with van der Waals surface area (Å²) >= 11 is 0. The Morgan fingerprint density at radius 2 is 2.00 bits per heavy atom. The number of ether oxygens (including phenoxy) is 1. The van der Waals surface area contributed by atoms with Crippen LogP contribution in [0.4, 0.5) is 4.79 Å². The molecule has 1 fully saturated rings. The van der Waals surface area contributed by atoms with E-state index < -0.39 is 5.60 Å². The van der Waals surface area contributed by atoms with Crippen molar-refractivity contribution < 1.29 is 14.3 Å². The average molecular weight is 271 g/mol. The van der Waals surface area contributed by atoms with E-state index in [-0.39, 0.29) is 12.1 Å². The first-order valence-electron chi connectivity index (χ1n) is 6.56. The zero-order valence-corrected chi connectivity index (χ0v) is 12.5. The molecule has 0 bridgehead atoms. The van der Waals surface area contributed by atoms with Gasteiger partial charge in [0.2, 0.25) is 6.41 Å². The number of hydrogen-bond donors (Lipinski definition) is 0. The fraction of sp³-hybridized carbons (Fsp3) is 0.846. The predicted octanol–water partition coefficient (Wildman–Crippen LogP) is 0.626. The van der Waals surface area contributed by atoms with Crippen molar-refractivity contribution in [2.45, 2.75) is 32.4 Å². The standard InChI is InChI=1S/C13H25N3O3/c1-13(2,3)19-12(18)15-6-7-16(10-17)11(9-15)8-14(4)5/h10-11H,6-9H2,1-5H3. The van der Waals surface area contributed by atoms with Crippen LogP contribution >= 0.6 is 0 Å². The summed E-state index contributed by atoms with van der Waals surface area (Å²) in [5.74, 6) is 0. The van der Waals surface area contributed by atoms with Crippen LogP contribution in [0.1, 0.15) is 20.8 Å². The van der Waals surface area contributed by atoms with Gasteiger partial charge in [-0.15, -0.1) is 0 Å². The largest absolute Gasteiger partial charge is 0.444 e. The number of amides is 2. The lowest BCUT2D eigenvalue weighted by Crippen LogP contribution is -2.57. The van der Waals surface area contributed by atoms with Crippen molar-refractivity contribution in [3.8, 4) is 0 Å². The van der Waals surface area contributed by atoms with Crippen molar-refractivity contribution in [1.82, 2.24) is 14.7 Å². The molecule has 1 aliphatic heterocycles. The molecule has 1 rings (SSSR count). The molecule has 0 aromatic rings. The van der Waals surface area contributed by atoms with E-state index in [4.69, 9.17) is 4.74 Å². The Labute approximate surface area is 115 Å². The number of likely N-dealkylation sites (N-methyl/N-ethyl adjacent to an activating group) is 1. The molecule has 1 saturated heterocycles. The van der Waals surface area contributed by atoms with Gasteiger partial charge in [-0.1, -0.05) is 0 Å². The smallest absolute Gasteiger partial charge is 0.410 e. The molecule has 1 atom stereocenters. The fourth-order valence-electron chi connectivity index (χ4n) is 2.08. The highest BCUT2D eigenvalue weighted by Crippen LogP contribution is 2.14. The van der Waals surface area contributed by atoms with E-state index in [1.165, 1.54) is 0 Å². The molecule has 0 aliphatic carbocycles. The number of hydrogen-bond acceptors (Lipinski definition) is 4. The van der Waals surface area contributed by atoms with E-state index in [1.807, 2.05) is 39.8 Å². The number of piperazine rings is 1. The molecule has 2 amide bonds. The number of rotatable bonds is 3. The first kappa shape index (κ1) is 15.8. The Morgan fingerprint density at radius 1 is 1.37 bits per heavy atom. The summed E-state index contributed by atoms with van der Waals surface area (Å²) in [4.78, 5) is 28.5. The van der Waals surface area contributed by atoms with Crippen LogP contribution in [0.15, 0.2) is 0 Å². The van der Waals surface area contributed by atoms with Crippen LogP contribution in [0.25, 0.3) is 0 Å². The third kappa shape index (κ3) is 5.06. The number of carbonyl (C=O) groups excluding carboxylic acids is 2. The van der Waals surface area contributed by atoms with Gasteiger partial charge in [0.15, 0.2) is 0 Å². The van der Waals surface area contributed by atoms with E-state index in [0.29, 0.717) is 19.6 Å². The van der Waals surface area contributed by atoms with Crippen molar-refractivity contribution in [2.75, 3.05) is 40.3 Å². The van der Waals surface area contributed by atoms with Gasteiger partial charge in [0.25, 0.3) is 0 Å². The maximum absolute atomic E-state index is 12.0. The van der Waals surface area contributed by atoms with Crippen LogP contribution in [0.5, 0.6) is 0 Å². The molecule has 6 heteroatoms. The van der Waals surface area contributed by atoms with Crippen molar-refractivity contribution >= 4 is 12.5 Å². The molecule has 19 heavy (non-hydrogen) atoms. The van der Waals surface area contributed by atoms with Crippen LogP contribution in [0.2, 0.25) is 0 Å². The van der Waals surface area contributed by atoms with Crippen LogP contribution < -0.4 is 0 Å². The Bertz CT molecular complexity index is 326. The summed E-state index contributed by atoms with van der Waals surface area (Å²) in [7, 11) is 3.91. The van der Waals surface area contributed by atoms with Gasteiger partial charge < -0.3 is 19.4 Å². The Hall–Kier alpha value is -1.30. The summed E-state index contributed by atoms with van der Waals surface area (Å²) < 4.78 is 5.37. The summed E-state index contributed by atoms with van der Waals surface area (Å²) in [6.45, 7) is 7.89. The normalized spacial score (nSPS) is 20.6. The molecule has 0 N–H and O–H groups in total. The van der Waals surface area contributed by atoms with Crippen molar-refractivity contribution in [1.29, 1.82) is 0 Å². The summed E-state index contributed by atoms with van der Waals surface area (Å²) in [6.07, 6.45) is 0.558. The Morgan fingerprint density at radius 3 is 2.47 bits per heavy atom. The zero-order chi connectivity index (χ0) is 14.6. The maximum Gasteiger partial charge on any atom is 0.410 e. The Kier molecular flexibility index (Phi) is 5.17. The molecular weight excluding hydrogens is 246 g/mol. The average Bonchev–Trinajstić information content (AvgIpc) is 2.25. The highest BCUT2D eigenvalue weighted by Gasteiger charge is 2.31.